The molecule has 1 N–H and O–H groups in total. The van der Waals surface area contributed by atoms with Crippen molar-refractivity contribution in [1.29, 1.82) is 0 Å². The first kappa shape index (κ1) is 16.3. The van der Waals surface area contributed by atoms with Gasteiger partial charge in [0.2, 0.25) is 0 Å². The van der Waals surface area contributed by atoms with Crippen molar-refractivity contribution >= 4 is 11.0 Å². The summed E-state index contributed by atoms with van der Waals surface area (Å²) < 4.78 is 6.05. The number of aromatic amines is 1. The van der Waals surface area contributed by atoms with Crippen LogP contribution in [-0.4, -0.2) is 26.6 Å². The van der Waals surface area contributed by atoms with Crippen LogP contribution in [-0.2, 0) is 6.54 Å². The molecule has 0 bridgehead atoms. The van der Waals surface area contributed by atoms with E-state index < -0.39 is 0 Å². The second kappa shape index (κ2) is 7.00. The van der Waals surface area contributed by atoms with Crippen LogP contribution in [0.1, 0.15) is 36.6 Å². The van der Waals surface area contributed by atoms with Crippen LogP contribution in [0.4, 0.5) is 0 Å². The molecule has 1 saturated heterocycles. The number of rotatable bonds is 4. The predicted octanol–water partition coefficient (Wildman–Crippen LogP) is 4.95. The Labute approximate surface area is 158 Å². The third kappa shape index (κ3) is 3.15. The van der Waals surface area contributed by atoms with Gasteiger partial charge in [0.25, 0.3) is 0 Å². The van der Waals surface area contributed by atoms with Gasteiger partial charge in [0.15, 0.2) is 5.76 Å². The van der Waals surface area contributed by atoms with Gasteiger partial charge in [-0.25, -0.2) is 0 Å². The molecule has 1 unspecified atom stereocenters. The van der Waals surface area contributed by atoms with Crippen molar-refractivity contribution in [2.45, 2.75) is 31.8 Å². The number of hydrogen-bond acceptors (Lipinski definition) is 4. The average molecular weight is 358 g/mol. The highest BCUT2D eigenvalue weighted by Gasteiger charge is 2.26. The number of hydrogen-bond donors (Lipinski definition) is 1. The minimum absolute atomic E-state index is 0.360. The number of H-pyrrole nitrogens is 1. The standard InChI is InChI=1S/C22H22N4O/c1-2-10-20-16(7-1)13-21(27-20)22-17(14-24-25-22)15-26-12-6-4-9-19(26)18-8-3-5-11-23-18/h1-3,5,7-8,10-11,13-14,19H,4,6,9,12,15H2,(H,24,25). The van der Waals surface area contributed by atoms with E-state index in [1.165, 1.54) is 12.8 Å². The molecule has 27 heavy (non-hydrogen) atoms. The van der Waals surface area contributed by atoms with Gasteiger partial charge in [-0.05, 0) is 43.7 Å². The summed E-state index contributed by atoms with van der Waals surface area (Å²) in [6.07, 6.45) is 7.43. The summed E-state index contributed by atoms with van der Waals surface area (Å²) in [5.74, 6) is 0.843. The number of aromatic nitrogens is 3. The molecular formula is C22H22N4O. The largest absolute Gasteiger partial charge is 0.454 e. The molecule has 5 heteroatoms. The molecule has 5 nitrogen and oxygen atoms in total. The Balaban J connectivity index is 1.45. The molecule has 0 radical (unpaired) electrons. The molecule has 0 aliphatic carbocycles. The van der Waals surface area contributed by atoms with Crippen molar-refractivity contribution < 1.29 is 4.42 Å². The number of pyridine rings is 1. The lowest BCUT2D eigenvalue weighted by Crippen LogP contribution is -2.33. The van der Waals surface area contributed by atoms with Gasteiger partial charge < -0.3 is 4.42 Å². The molecule has 3 aromatic heterocycles. The third-order valence-corrected chi connectivity index (χ3v) is 5.41. The summed E-state index contributed by atoms with van der Waals surface area (Å²) in [6.45, 7) is 1.91. The zero-order valence-corrected chi connectivity index (χ0v) is 15.1. The van der Waals surface area contributed by atoms with Crippen LogP contribution in [0.3, 0.4) is 0 Å². The summed E-state index contributed by atoms with van der Waals surface area (Å²) >= 11 is 0. The van der Waals surface area contributed by atoms with Gasteiger partial charge in [0, 0.05) is 23.7 Å². The lowest BCUT2D eigenvalue weighted by atomic mass is 9.98. The van der Waals surface area contributed by atoms with E-state index >= 15 is 0 Å². The fraction of sp³-hybridized carbons (Fsp3) is 0.273. The molecule has 0 amide bonds. The SMILES string of the molecule is c1ccc(C2CCCCN2Cc2cn[nH]c2-c2cc3ccccc3o2)nc1. The Morgan fingerprint density at radius 2 is 2.04 bits per heavy atom. The Hall–Kier alpha value is -2.92. The highest BCUT2D eigenvalue weighted by atomic mass is 16.3. The molecule has 1 fully saturated rings. The van der Waals surface area contributed by atoms with Crippen LogP contribution in [0.2, 0.25) is 0 Å². The van der Waals surface area contributed by atoms with Crippen molar-refractivity contribution in [3.63, 3.8) is 0 Å². The molecule has 1 atom stereocenters. The van der Waals surface area contributed by atoms with Gasteiger partial charge in [-0.3, -0.25) is 15.0 Å². The number of nitrogens with zero attached hydrogens (tertiary/aromatic N) is 3. The van der Waals surface area contributed by atoms with Gasteiger partial charge in [-0.2, -0.15) is 5.10 Å². The number of piperidine rings is 1. The highest BCUT2D eigenvalue weighted by molar-refractivity contribution is 5.82. The van der Waals surface area contributed by atoms with Crippen LogP contribution in [0.25, 0.3) is 22.4 Å². The van der Waals surface area contributed by atoms with E-state index in [4.69, 9.17) is 4.42 Å². The van der Waals surface area contributed by atoms with Gasteiger partial charge >= 0.3 is 0 Å². The Kier molecular flexibility index (Phi) is 4.22. The number of para-hydroxylation sites is 1. The molecule has 4 aromatic rings. The summed E-state index contributed by atoms with van der Waals surface area (Å²) in [4.78, 5) is 7.12. The number of fused-ring (bicyclic) bond motifs is 1. The van der Waals surface area contributed by atoms with Crippen LogP contribution in [0.5, 0.6) is 0 Å². The Morgan fingerprint density at radius 3 is 2.93 bits per heavy atom. The maximum absolute atomic E-state index is 6.05. The van der Waals surface area contributed by atoms with E-state index in [-0.39, 0.29) is 0 Å². The quantitative estimate of drug-likeness (QED) is 0.561. The number of benzene rings is 1. The molecule has 136 valence electrons. The van der Waals surface area contributed by atoms with Crippen molar-refractivity contribution in [2.24, 2.45) is 0 Å². The minimum atomic E-state index is 0.360. The van der Waals surface area contributed by atoms with E-state index in [0.717, 1.165) is 53.2 Å². The number of likely N-dealkylation sites (tertiary alicyclic amines) is 1. The smallest absolute Gasteiger partial charge is 0.153 e. The zero-order valence-electron chi connectivity index (χ0n) is 15.1. The normalized spacial score (nSPS) is 18.1. The van der Waals surface area contributed by atoms with Crippen molar-refractivity contribution in [2.75, 3.05) is 6.54 Å². The first-order chi connectivity index (χ1) is 13.4. The first-order valence-electron chi connectivity index (χ1n) is 9.55. The topological polar surface area (TPSA) is 58.0 Å². The monoisotopic (exact) mass is 358 g/mol. The Bertz CT molecular complexity index is 1000. The molecule has 4 heterocycles. The van der Waals surface area contributed by atoms with E-state index in [9.17, 15) is 0 Å². The maximum atomic E-state index is 6.05. The second-order valence-electron chi connectivity index (χ2n) is 7.16. The molecule has 1 aromatic carbocycles. The van der Waals surface area contributed by atoms with E-state index in [1.54, 1.807) is 0 Å². The van der Waals surface area contributed by atoms with E-state index in [0.29, 0.717) is 6.04 Å². The third-order valence-electron chi connectivity index (χ3n) is 5.41. The molecule has 1 aliphatic rings. The number of nitrogens with one attached hydrogen (secondary N) is 1. The van der Waals surface area contributed by atoms with Gasteiger partial charge in [0.05, 0.1) is 17.9 Å². The zero-order chi connectivity index (χ0) is 18.1. The maximum Gasteiger partial charge on any atom is 0.153 e. The van der Waals surface area contributed by atoms with Gasteiger partial charge in [-0.15, -0.1) is 0 Å². The van der Waals surface area contributed by atoms with Crippen LogP contribution < -0.4 is 0 Å². The lowest BCUT2D eigenvalue weighted by Gasteiger charge is -2.35. The van der Waals surface area contributed by atoms with E-state index in [2.05, 4.69) is 44.3 Å². The first-order valence-corrected chi connectivity index (χ1v) is 9.55. The fourth-order valence-corrected chi connectivity index (χ4v) is 4.06. The van der Waals surface area contributed by atoms with Crippen molar-refractivity contribution in [3.8, 4) is 11.5 Å². The highest BCUT2D eigenvalue weighted by Crippen LogP contribution is 2.34. The average Bonchev–Trinajstić information content (AvgIpc) is 3.35. The summed E-state index contributed by atoms with van der Waals surface area (Å²) in [5.41, 5.74) is 4.19. The minimum Gasteiger partial charge on any atom is -0.454 e. The molecule has 0 saturated carbocycles. The summed E-state index contributed by atoms with van der Waals surface area (Å²) in [7, 11) is 0. The summed E-state index contributed by atoms with van der Waals surface area (Å²) in [5, 5.41) is 8.55. The van der Waals surface area contributed by atoms with Crippen LogP contribution in [0, 0.1) is 0 Å². The Morgan fingerprint density at radius 1 is 1.11 bits per heavy atom. The fourth-order valence-electron chi connectivity index (χ4n) is 4.06. The molecule has 1 aliphatic heterocycles. The number of furan rings is 1. The van der Waals surface area contributed by atoms with Gasteiger partial charge in [0.1, 0.15) is 11.3 Å². The van der Waals surface area contributed by atoms with Crippen molar-refractivity contribution in [1.82, 2.24) is 20.1 Å². The second-order valence-corrected chi connectivity index (χ2v) is 7.16. The van der Waals surface area contributed by atoms with Crippen molar-refractivity contribution in [3.05, 3.63) is 72.2 Å². The van der Waals surface area contributed by atoms with Crippen LogP contribution in [0.15, 0.2) is 65.3 Å². The molecular weight excluding hydrogens is 336 g/mol. The lowest BCUT2D eigenvalue weighted by molar-refractivity contribution is 0.137. The predicted molar refractivity (Wildman–Crippen MR) is 105 cm³/mol. The van der Waals surface area contributed by atoms with Crippen LogP contribution >= 0.6 is 0 Å². The summed E-state index contributed by atoms with van der Waals surface area (Å²) in [6, 6.07) is 16.7. The van der Waals surface area contributed by atoms with E-state index in [1.807, 2.05) is 36.7 Å². The molecule has 5 rings (SSSR count). The molecule has 0 spiro atoms. The van der Waals surface area contributed by atoms with Gasteiger partial charge in [-0.1, -0.05) is 30.7 Å².